The lowest BCUT2D eigenvalue weighted by Crippen LogP contribution is -2.48. The van der Waals surface area contributed by atoms with E-state index < -0.39 is 49.5 Å². The van der Waals surface area contributed by atoms with Crippen LogP contribution in [0.2, 0.25) is 0 Å². The van der Waals surface area contributed by atoms with Crippen molar-refractivity contribution >= 4 is 43.8 Å². The summed E-state index contributed by atoms with van der Waals surface area (Å²) in [5, 5.41) is 0. The summed E-state index contributed by atoms with van der Waals surface area (Å²) >= 11 is 0. The number of piperidine rings is 1. The predicted octanol–water partition coefficient (Wildman–Crippen LogP) is 1.59. The van der Waals surface area contributed by atoms with Gasteiger partial charge in [-0.25, -0.2) is 12.7 Å². The summed E-state index contributed by atoms with van der Waals surface area (Å²) in [6.45, 7) is 5.57. The van der Waals surface area contributed by atoms with Crippen LogP contribution >= 0.6 is 0 Å². The summed E-state index contributed by atoms with van der Waals surface area (Å²) < 4.78 is 56.7. The third-order valence-corrected chi connectivity index (χ3v) is 10.7. The molecule has 13 nitrogen and oxygen atoms in total. The number of nitrogens with zero attached hydrogens (tertiary/aromatic N) is 4. The lowest BCUT2D eigenvalue weighted by atomic mass is 10.0. The molecule has 3 aliphatic heterocycles. The van der Waals surface area contributed by atoms with E-state index in [4.69, 9.17) is 4.55 Å². The zero-order valence-corrected chi connectivity index (χ0v) is 26.4. The topological polar surface area (TPSA) is 170 Å². The highest BCUT2D eigenvalue weighted by molar-refractivity contribution is 7.89. The Balaban J connectivity index is 0.000000223. The first kappa shape index (κ1) is 33.4. The number of hydrogen-bond acceptors (Lipinski definition) is 9. The quantitative estimate of drug-likeness (QED) is 0.311. The molecule has 1 N–H and O–H groups in total. The van der Waals surface area contributed by atoms with Gasteiger partial charge in [-0.05, 0) is 64.0 Å². The summed E-state index contributed by atoms with van der Waals surface area (Å²) in [5.74, 6) is -2.81. The number of benzene rings is 2. The van der Waals surface area contributed by atoms with Crippen molar-refractivity contribution in [1.29, 1.82) is 0 Å². The van der Waals surface area contributed by atoms with Gasteiger partial charge in [-0.2, -0.15) is 8.42 Å². The van der Waals surface area contributed by atoms with Gasteiger partial charge in [0.2, 0.25) is 10.0 Å². The van der Waals surface area contributed by atoms with Gasteiger partial charge in [0.1, 0.15) is 0 Å². The molecule has 238 valence electrons. The number of sulfonamides is 1. The van der Waals surface area contributed by atoms with Crippen LogP contribution < -0.4 is 0 Å². The number of imide groups is 2. The highest BCUT2D eigenvalue weighted by atomic mass is 32.2. The number of fused-ring (bicyclic) bond motifs is 2. The standard InChI is InChI=1S/C19H27N3O4S.C10H9NO5S/c1-14(2)21-10-8-15(9-11-21)20(3)27(25,26)13-12-22-18(23)16-6-4-5-7-17(16)19(22)24;12-9-7-3-1-2-4-8(7)10(13)11(9)5-6-17(14,15)16/h4-7,14-15H,8-13H2,1-3H3;1-4H,5-6H2,(H,14,15,16). The van der Waals surface area contributed by atoms with Crippen LogP contribution in [0.25, 0.3) is 0 Å². The zero-order valence-electron chi connectivity index (χ0n) is 24.7. The van der Waals surface area contributed by atoms with Gasteiger partial charge in [0.15, 0.2) is 0 Å². The van der Waals surface area contributed by atoms with Gasteiger partial charge >= 0.3 is 0 Å². The molecule has 0 unspecified atom stereocenters. The summed E-state index contributed by atoms with van der Waals surface area (Å²) in [4.78, 5) is 52.5. The first-order chi connectivity index (χ1) is 20.6. The lowest BCUT2D eigenvalue weighted by Gasteiger charge is -2.38. The number of rotatable bonds is 9. The van der Waals surface area contributed by atoms with Crippen molar-refractivity contribution in [3.05, 3.63) is 70.8 Å². The first-order valence-corrected chi connectivity index (χ1v) is 17.4. The first-order valence-electron chi connectivity index (χ1n) is 14.2. The fourth-order valence-electron chi connectivity index (χ4n) is 5.43. The third kappa shape index (κ3) is 7.24. The largest absolute Gasteiger partial charge is 0.301 e. The fourth-order valence-corrected chi connectivity index (χ4v) is 7.21. The van der Waals surface area contributed by atoms with Crippen molar-refractivity contribution in [1.82, 2.24) is 19.0 Å². The van der Waals surface area contributed by atoms with Crippen molar-refractivity contribution in [2.24, 2.45) is 0 Å². The van der Waals surface area contributed by atoms with Crippen LogP contribution in [-0.2, 0) is 20.1 Å². The molecular weight excluding hydrogens is 612 g/mol. The van der Waals surface area contributed by atoms with Gasteiger partial charge in [0, 0.05) is 32.2 Å². The Labute approximate surface area is 257 Å². The van der Waals surface area contributed by atoms with Gasteiger partial charge < -0.3 is 4.90 Å². The summed E-state index contributed by atoms with van der Waals surface area (Å²) in [5.41, 5.74) is 1.20. The van der Waals surface area contributed by atoms with E-state index in [0.717, 1.165) is 35.7 Å². The molecule has 1 fully saturated rings. The van der Waals surface area contributed by atoms with Crippen molar-refractivity contribution in [3.63, 3.8) is 0 Å². The molecule has 0 bridgehead atoms. The Morgan fingerprint density at radius 1 is 0.727 bits per heavy atom. The van der Waals surface area contributed by atoms with E-state index in [1.165, 1.54) is 16.4 Å². The normalized spacial score (nSPS) is 17.8. The monoisotopic (exact) mass is 648 g/mol. The van der Waals surface area contributed by atoms with Crippen LogP contribution in [0.4, 0.5) is 0 Å². The molecule has 0 radical (unpaired) electrons. The molecule has 1 saturated heterocycles. The van der Waals surface area contributed by atoms with Crippen molar-refractivity contribution < 1.29 is 40.6 Å². The van der Waals surface area contributed by atoms with Gasteiger partial charge in [-0.1, -0.05) is 24.3 Å². The van der Waals surface area contributed by atoms with Gasteiger partial charge in [-0.15, -0.1) is 0 Å². The lowest BCUT2D eigenvalue weighted by molar-refractivity contribution is 0.0647. The van der Waals surface area contributed by atoms with Crippen LogP contribution in [0.15, 0.2) is 48.5 Å². The number of likely N-dealkylation sites (tertiary alicyclic amines) is 1. The van der Waals surface area contributed by atoms with E-state index in [-0.39, 0.29) is 36.0 Å². The van der Waals surface area contributed by atoms with E-state index in [0.29, 0.717) is 17.2 Å². The number of amides is 4. The molecule has 5 rings (SSSR count). The molecule has 0 atom stereocenters. The minimum absolute atomic E-state index is 0.0350. The average Bonchev–Trinajstić information content (AvgIpc) is 3.38. The molecule has 3 heterocycles. The highest BCUT2D eigenvalue weighted by Gasteiger charge is 2.38. The maximum atomic E-state index is 12.8. The van der Waals surface area contributed by atoms with E-state index in [1.54, 1.807) is 43.4 Å². The van der Waals surface area contributed by atoms with E-state index in [9.17, 15) is 36.0 Å². The Morgan fingerprint density at radius 3 is 1.43 bits per heavy atom. The molecule has 2 aromatic carbocycles. The maximum absolute atomic E-state index is 12.8. The van der Waals surface area contributed by atoms with Crippen molar-refractivity contribution in [2.45, 2.75) is 38.8 Å². The summed E-state index contributed by atoms with van der Waals surface area (Å²) in [6, 6.07) is 13.3. The Hall–Kier alpha value is -3.50. The second-order valence-electron chi connectivity index (χ2n) is 11.1. The predicted molar refractivity (Wildman–Crippen MR) is 161 cm³/mol. The Morgan fingerprint density at radius 2 is 1.09 bits per heavy atom. The Bertz CT molecular complexity index is 1600. The molecule has 2 aromatic rings. The van der Waals surface area contributed by atoms with Crippen molar-refractivity contribution in [3.8, 4) is 0 Å². The van der Waals surface area contributed by atoms with Crippen LogP contribution in [0.1, 0.15) is 68.1 Å². The molecule has 0 saturated carbocycles. The average molecular weight is 649 g/mol. The van der Waals surface area contributed by atoms with Crippen LogP contribution in [0, 0.1) is 0 Å². The second kappa shape index (κ2) is 13.2. The molecule has 3 aliphatic rings. The molecule has 0 aliphatic carbocycles. The highest BCUT2D eigenvalue weighted by Crippen LogP contribution is 2.24. The fraction of sp³-hybridized carbons (Fsp3) is 0.448. The molecule has 15 heteroatoms. The molecule has 44 heavy (non-hydrogen) atoms. The van der Waals surface area contributed by atoms with E-state index >= 15 is 0 Å². The van der Waals surface area contributed by atoms with Gasteiger partial charge in [0.05, 0.1) is 33.8 Å². The minimum Gasteiger partial charge on any atom is -0.301 e. The zero-order chi connectivity index (χ0) is 32.4. The maximum Gasteiger partial charge on any atom is 0.266 e. The van der Waals surface area contributed by atoms with Crippen LogP contribution in [0.3, 0.4) is 0 Å². The summed E-state index contributed by atoms with van der Waals surface area (Å²) in [7, 11) is -6.14. The summed E-state index contributed by atoms with van der Waals surface area (Å²) in [6.07, 6.45) is 1.59. The number of carbonyl (C=O) groups is 4. The van der Waals surface area contributed by atoms with Crippen LogP contribution in [0.5, 0.6) is 0 Å². The van der Waals surface area contributed by atoms with E-state index in [1.807, 2.05) is 0 Å². The SMILES string of the molecule is CC(C)N1CCC(N(C)S(=O)(=O)CCN2C(=O)c3ccccc3C2=O)CC1.O=C1c2ccccc2C(=O)N1CCS(=O)(=O)O. The Kier molecular flexibility index (Phi) is 10.0. The number of hydrogen-bond donors (Lipinski definition) is 1. The minimum atomic E-state index is -4.19. The van der Waals surface area contributed by atoms with Crippen LogP contribution in [-0.4, -0.2) is 121 Å². The molecule has 0 aromatic heterocycles. The second-order valence-corrected chi connectivity index (χ2v) is 14.8. The van der Waals surface area contributed by atoms with Crippen molar-refractivity contribution in [2.75, 3.05) is 44.7 Å². The third-order valence-electron chi connectivity index (χ3n) is 8.08. The van der Waals surface area contributed by atoms with E-state index in [2.05, 4.69) is 18.7 Å². The molecule has 4 amide bonds. The molecule has 0 spiro atoms. The van der Waals surface area contributed by atoms with Gasteiger partial charge in [0.25, 0.3) is 33.7 Å². The smallest absolute Gasteiger partial charge is 0.266 e. The molecular formula is C29H36N4O9S2. The van der Waals surface area contributed by atoms with Gasteiger partial charge in [-0.3, -0.25) is 33.5 Å². The number of carbonyl (C=O) groups excluding carboxylic acids is 4.